The van der Waals surface area contributed by atoms with Crippen LogP contribution in [0.3, 0.4) is 0 Å². The van der Waals surface area contributed by atoms with Crippen molar-refractivity contribution < 1.29 is 28.2 Å². The number of nitrogens with zero attached hydrogens (tertiary/aromatic N) is 2. The van der Waals surface area contributed by atoms with Gasteiger partial charge in [-0.3, -0.25) is 4.90 Å². The van der Waals surface area contributed by atoms with E-state index in [-0.39, 0.29) is 5.75 Å². The summed E-state index contributed by atoms with van der Waals surface area (Å²) < 4.78 is 25.1. The van der Waals surface area contributed by atoms with Gasteiger partial charge in [0, 0.05) is 37.7 Å². The van der Waals surface area contributed by atoms with Crippen molar-refractivity contribution in [1.29, 1.82) is 0 Å². The molecule has 140 valence electrons. The molecule has 1 aromatic rings. The number of hydrogen-bond donors (Lipinski definition) is 2. The van der Waals surface area contributed by atoms with Crippen LogP contribution in [0.5, 0.6) is 0 Å². The zero-order valence-corrected chi connectivity index (χ0v) is 15.3. The third kappa shape index (κ3) is 7.39. The third-order valence-electron chi connectivity index (χ3n) is 3.59. The molecule has 1 aromatic carbocycles. The Labute approximate surface area is 151 Å². The first-order valence-corrected chi connectivity index (χ1v) is 9.55. The number of sulfonamides is 1. The molecule has 25 heavy (non-hydrogen) atoms. The number of rotatable bonds is 4. The van der Waals surface area contributed by atoms with Gasteiger partial charge in [-0.05, 0) is 24.6 Å². The zero-order chi connectivity index (χ0) is 19.0. The van der Waals surface area contributed by atoms with E-state index in [9.17, 15) is 8.42 Å². The lowest BCUT2D eigenvalue weighted by molar-refractivity contribution is -0.159. The van der Waals surface area contributed by atoms with Crippen molar-refractivity contribution in [3.05, 3.63) is 34.9 Å². The van der Waals surface area contributed by atoms with Crippen LogP contribution in [0.25, 0.3) is 0 Å². The number of carboxylic acids is 2. The Morgan fingerprint density at radius 2 is 1.52 bits per heavy atom. The van der Waals surface area contributed by atoms with Crippen molar-refractivity contribution in [2.24, 2.45) is 0 Å². The maximum Gasteiger partial charge on any atom is 0.414 e. The van der Waals surface area contributed by atoms with Crippen LogP contribution < -0.4 is 0 Å². The Morgan fingerprint density at radius 3 is 1.92 bits per heavy atom. The van der Waals surface area contributed by atoms with Gasteiger partial charge in [-0.25, -0.2) is 18.0 Å². The highest BCUT2D eigenvalue weighted by Gasteiger charge is 2.25. The minimum atomic E-state index is -3.03. The normalized spacial score (nSPS) is 15.9. The van der Waals surface area contributed by atoms with Crippen molar-refractivity contribution in [3.8, 4) is 0 Å². The molecule has 8 nitrogen and oxygen atoms in total. The SMILES string of the molecule is CCS(=O)(=O)N1CCN(Cc2ccc(Cl)cc2)CC1.O=C(O)C(=O)O. The van der Waals surface area contributed by atoms with Gasteiger partial charge in [0.1, 0.15) is 0 Å². The lowest BCUT2D eigenvalue weighted by atomic mass is 10.2. The van der Waals surface area contributed by atoms with Crippen LogP contribution in [0.15, 0.2) is 24.3 Å². The van der Waals surface area contributed by atoms with Crippen molar-refractivity contribution in [2.75, 3.05) is 31.9 Å². The molecule has 0 saturated carbocycles. The first kappa shape index (κ1) is 21.4. The Hall–Kier alpha value is -1.68. The van der Waals surface area contributed by atoms with Crippen LogP contribution in [0, 0.1) is 0 Å². The Balaban J connectivity index is 0.000000450. The molecule has 10 heteroatoms. The first-order valence-electron chi connectivity index (χ1n) is 7.56. The maximum atomic E-state index is 11.7. The van der Waals surface area contributed by atoms with Crippen LogP contribution in [0.2, 0.25) is 5.02 Å². The van der Waals surface area contributed by atoms with Gasteiger partial charge in [0.15, 0.2) is 0 Å². The van der Waals surface area contributed by atoms with Gasteiger partial charge in [0.25, 0.3) is 0 Å². The molecular weight excluding hydrogens is 372 g/mol. The molecule has 0 amide bonds. The summed E-state index contributed by atoms with van der Waals surface area (Å²) in [6.45, 7) is 5.27. The summed E-state index contributed by atoms with van der Waals surface area (Å²) in [7, 11) is -3.03. The summed E-state index contributed by atoms with van der Waals surface area (Å²) in [5, 5.41) is 15.5. The van der Waals surface area contributed by atoms with E-state index in [1.54, 1.807) is 11.2 Å². The highest BCUT2D eigenvalue weighted by atomic mass is 35.5. The summed E-state index contributed by atoms with van der Waals surface area (Å²) in [5.74, 6) is -3.46. The minimum Gasteiger partial charge on any atom is -0.473 e. The molecule has 0 radical (unpaired) electrons. The fourth-order valence-electron chi connectivity index (χ4n) is 2.20. The average Bonchev–Trinajstić information content (AvgIpc) is 2.58. The van der Waals surface area contributed by atoms with E-state index in [2.05, 4.69) is 4.90 Å². The highest BCUT2D eigenvalue weighted by molar-refractivity contribution is 7.89. The van der Waals surface area contributed by atoms with Crippen LogP contribution in [-0.2, 0) is 26.2 Å². The number of aliphatic carboxylic acids is 2. The first-order chi connectivity index (χ1) is 11.7. The maximum absolute atomic E-state index is 11.7. The summed E-state index contributed by atoms with van der Waals surface area (Å²) in [4.78, 5) is 20.5. The van der Waals surface area contributed by atoms with Gasteiger partial charge in [-0.15, -0.1) is 0 Å². The van der Waals surface area contributed by atoms with Gasteiger partial charge in [0.2, 0.25) is 10.0 Å². The van der Waals surface area contributed by atoms with Crippen molar-refractivity contribution in [3.63, 3.8) is 0 Å². The predicted octanol–water partition coefficient (Wildman–Crippen LogP) is 0.963. The molecule has 0 aromatic heterocycles. The van der Waals surface area contributed by atoms with Crippen molar-refractivity contribution in [2.45, 2.75) is 13.5 Å². The molecule has 1 heterocycles. The van der Waals surface area contributed by atoms with Gasteiger partial charge < -0.3 is 10.2 Å². The highest BCUT2D eigenvalue weighted by Crippen LogP contribution is 2.14. The van der Waals surface area contributed by atoms with Crippen LogP contribution in [0.4, 0.5) is 0 Å². The Bertz CT molecular complexity index is 672. The average molecular weight is 393 g/mol. The van der Waals surface area contributed by atoms with E-state index >= 15 is 0 Å². The molecule has 2 N–H and O–H groups in total. The fraction of sp³-hybridized carbons (Fsp3) is 0.467. The van der Waals surface area contributed by atoms with E-state index in [1.165, 1.54) is 5.56 Å². The molecule has 1 aliphatic rings. The van der Waals surface area contributed by atoms with E-state index in [1.807, 2.05) is 24.3 Å². The number of benzene rings is 1. The molecule has 0 unspecified atom stereocenters. The second-order valence-corrected chi connectivity index (χ2v) is 8.01. The van der Waals surface area contributed by atoms with E-state index < -0.39 is 22.0 Å². The zero-order valence-electron chi connectivity index (χ0n) is 13.8. The predicted molar refractivity (Wildman–Crippen MR) is 93.0 cm³/mol. The van der Waals surface area contributed by atoms with Gasteiger partial charge in [0.05, 0.1) is 5.75 Å². The van der Waals surface area contributed by atoms with E-state index in [0.29, 0.717) is 13.1 Å². The summed E-state index contributed by atoms with van der Waals surface area (Å²) in [6, 6.07) is 7.79. The molecule has 0 spiro atoms. The monoisotopic (exact) mass is 392 g/mol. The van der Waals surface area contributed by atoms with Gasteiger partial charge in [-0.2, -0.15) is 4.31 Å². The van der Waals surface area contributed by atoms with Crippen molar-refractivity contribution >= 4 is 33.6 Å². The summed E-state index contributed by atoms with van der Waals surface area (Å²) in [6.07, 6.45) is 0. The second kappa shape index (κ2) is 9.71. The molecule has 1 aliphatic heterocycles. The third-order valence-corrected chi connectivity index (χ3v) is 5.73. The lowest BCUT2D eigenvalue weighted by Gasteiger charge is -2.33. The fourth-order valence-corrected chi connectivity index (χ4v) is 3.41. The number of piperazine rings is 1. The van der Waals surface area contributed by atoms with Crippen LogP contribution >= 0.6 is 11.6 Å². The molecule has 0 aliphatic carbocycles. The molecule has 1 fully saturated rings. The van der Waals surface area contributed by atoms with E-state index in [4.69, 9.17) is 31.4 Å². The number of carbonyl (C=O) groups is 2. The lowest BCUT2D eigenvalue weighted by Crippen LogP contribution is -2.48. The minimum absolute atomic E-state index is 0.185. The van der Waals surface area contributed by atoms with E-state index in [0.717, 1.165) is 24.7 Å². The number of halogens is 1. The van der Waals surface area contributed by atoms with Gasteiger partial charge >= 0.3 is 11.9 Å². The van der Waals surface area contributed by atoms with Gasteiger partial charge in [-0.1, -0.05) is 23.7 Å². The Kier molecular flexibility index (Phi) is 8.30. The topological polar surface area (TPSA) is 115 Å². The number of carboxylic acid groups (broad SMARTS) is 2. The summed E-state index contributed by atoms with van der Waals surface area (Å²) in [5.41, 5.74) is 1.20. The molecule has 0 bridgehead atoms. The van der Waals surface area contributed by atoms with Crippen LogP contribution in [0.1, 0.15) is 12.5 Å². The Morgan fingerprint density at radius 1 is 1.04 bits per heavy atom. The molecule has 0 atom stereocenters. The number of hydrogen-bond acceptors (Lipinski definition) is 5. The standard InChI is InChI=1S/C13H19ClN2O2S.C2H2O4/c1-2-19(17,18)16-9-7-15(8-10-16)11-12-3-5-13(14)6-4-12;3-1(4)2(5)6/h3-6H,2,7-11H2,1H3;(H,3,4)(H,5,6). The quantitative estimate of drug-likeness (QED) is 0.733. The van der Waals surface area contributed by atoms with Crippen LogP contribution in [-0.4, -0.2) is 71.7 Å². The molecular formula is C15H21ClN2O6S. The molecule has 1 saturated heterocycles. The largest absolute Gasteiger partial charge is 0.473 e. The smallest absolute Gasteiger partial charge is 0.414 e. The molecule has 2 rings (SSSR count). The van der Waals surface area contributed by atoms with Crippen molar-refractivity contribution in [1.82, 2.24) is 9.21 Å². The summed E-state index contributed by atoms with van der Waals surface area (Å²) >= 11 is 5.85. The second-order valence-electron chi connectivity index (χ2n) is 5.31.